The molecule has 0 aliphatic rings. The lowest BCUT2D eigenvalue weighted by molar-refractivity contribution is 0.244. The van der Waals surface area contributed by atoms with Gasteiger partial charge in [0.2, 0.25) is 0 Å². The van der Waals surface area contributed by atoms with E-state index in [1.807, 2.05) is 0 Å². The van der Waals surface area contributed by atoms with Crippen molar-refractivity contribution in [1.29, 1.82) is 0 Å². The highest BCUT2D eigenvalue weighted by molar-refractivity contribution is 7.80. The van der Waals surface area contributed by atoms with E-state index in [2.05, 4.69) is 26.5 Å². The number of rotatable bonds is 3. The predicted octanol–water partition coefficient (Wildman–Crippen LogP) is 1.67. The van der Waals surface area contributed by atoms with Crippen LogP contribution in [0.3, 0.4) is 0 Å². The van der Waals surface area contributed by atoms with Crippen LogP contribution in [0.4, 0.5) is 0 Å². The molecular formula is C6H14OS. The fourth-order valence-corrected chi connectivity index (χ4v) is 0.631. The molecule has 1 atom stereocenters. The molecular weight excluding hydrogens is 120 g/mol. The standard InChI is InChI=1S/C6H14OS/c1-5(2)3-4-6(7)8/h5-8H,3-4H2,1-2H3. The molecule has 50 valence electrons. The van der Waals surface area contributed by atoms with Gasteiger partial charge in [-0.3, -0.25) is 0 Å². The summed E-state index contributed by atoms with van der Waals surface area (Å²) in [7, 11) is 0. The van der Waals surface area contributed by atoms with E-state index in [0.29, 0.717) is 5.92 Å². The van der Waals surface area contributed by atoms with E-state index in [9.17, 15) is 0 Å². The molecule has 0 saturated heterocycles. The summed E-state index contributed by atoms with van der Waals surface area (Å²) in [5.41, 5.74) is -0.419. The minimum Gasteiger partial charge on any atom is -0.383 e. The third-order valence-electron chi connectivity index (χ3n) is 1.00. The van der Waals surface area contributed by atoms with E-state index < -0.39 is 5.44 Å². The minimum absolute atomic E-state index is 0.419. The molecule has 0 radical (unpaired) electrons. The van der Waals surface area contributed by atoms with Gasteiger partial charge in [-0.05, 0) is 18.8 Å². The van der Waals surface area contributed by atoms with Crippen LogP contribution in [0.25, 0.3) is 0 Å². The Kier molecular flexibility index (Phi) is 4.38. The zero-order valence-corrected chi connectivity index (χ0v) is 6.36. The largest absolute Gasteiger partial charge is 0.383 e. The Morgan fingerprint density at radius 2 is 1.88 bits per heavy atom. The van der Waals surface area contributed by atoms with Gasteiger partial charge in [-0.15, -0.1) is 12.6 Å². The summed E-state index contributed by atoms with van der Waals surface area (Å²) in [6, 6.07) is 0. The molecule has 0 aromatic carbocycles. The molecule has 0 fully saturated rings. The second-order valence-corrected chi connectivity index (χ2v) is 3.05. The highest BCUT2D eigenvalue weighted by Crippen LogP contribution is 2.07. The Bertz CT molecular complexity index is 44.5. The summed E-state index contributed by atoms with van der Waals surface area (Å²) in [6.07, 6.45) is 1.87. The summed E-state index contributed by atoms with van der Waals surface area (Å²) in [5, 5.41) is 8.67. The molecule has 0 aromatic rings. The number of hydrogen-bond acceptors (Lipinski definition) is 2. The smallest absolute Gasteiger partial charge is 0.0964 e. The molecule has 0 aromatic heterocycles. The van der Waals surface area contributed by atoms with E-state index in [1.54, 1.807) is 0 Å². The van der Waals surface area contributed by atoms with Gasteiger partial charge in [0.25, 0.3) is 0 Å². The summed E-state index contributed by atoms with van der Waals surface area (Å²) in [6.45, 7) is 4.27. The molecule has 0 rings (SSSR count). The van der Waals surface area contributed by atoms with Crippen LogP contribution in [-0.4, -0.2) is 10.5 Å². The Hall–Kier alpha value is 0.310. The highest BCUT2D eigenvalue weighted by atomic mass is 32.1. The van der Waals surface area contributed by atoms with Crippen molar-refractivity contribution < 1.29 is 5.11 Å². The van der Waals surface area contributed by atoms with Gasteiger partial charge in [0, 0.05) is 0 Å². The second-order valence-electron chi connectivity index (χ2n) is 2.45. The first-order chi connectivity index (χ1) is 3.63. The van der Waals surface area contributed by atoms with Gasteiger partial charge < -0.3 is 5.11 Å². The average molecular weight is 134 g/mol. The van der Waals surface area contributed by atoms with Gasteiger partial charge in [-0.25, -0.2) is 0 Å². The van der Waals surface area contributed by atoms with Gasteiger partial charge in [0.05, 0.1) is 5.44 Å². The molecule has 0 heterocycles. The van der Waals surface area contributed by atoms with Crippen molar-refractivity contribution in [3.8, 4) is 0 Å². The van der Waals surface area contributed by atoms with Crippen molar-refractivity contribution in [2.75, 3.05) is 0 Å². The zero-order chi connectivity index (χ0) is 6.57. The zero-order valence-electron chi connectivity index (χ0n) is 5.46. The fraction of sp³-hybridized carbons (Fsp3) is 1.00. The first-order valence-electron chi connectivity index (χ1n) is 2.99. The molecule has 1 nitrogen and oxygen atoms in total. The summed E-state index contributed by atoms with van der Waals surface area (Å²) < 4.78 is 0. The number of aliphatic hydroxyl groups excluding tert-OH is 1. The molecule has 0 bridgehead atoms. The van der Waals surface area contributed by atoms with Crippen LogP contribution in [0, 0.1) is 5.92 Å². The van der Waals surface area contributed by atoms with Crippen molar-refractivity contribution in [2.24, 2.45) is 5.92 Å². The number of thiol groups is 1. The molecule has 8 heavy (non-hydrogen) atoms. The SMILES string of the molecule is CC(C)CCC(O)S. The van der Waals surface area contributed by atoms with Gasteiger partial charge in [0.15, 0.2) is 0 Å². The minimum atomic E-state index is -0.419. The average Bonchev–Trinajstić information content (AvgIpc) is 1.61. The van der Waals surface area contributed by atoms with Crippen LogP contribution in [0.2, 0.25) is 0 Å². The van der Waals surface area contributed by atoms with E-state index in [4.69, 9.17) is 5.11 Å². The first-order valence-corrected chi connectivity index (χ1v) is 3.50. The topological polar surface area (TPSA) is 20.2 Å². The quantitative estimate of drug-likeness (QED) is 0.444. The lowest BCUT2D eigenvalue weighted by Crippen LogP contribution is -1.98. The van der Waals surface area contributed by atoms with Crippen LogP contribution in [0.15, 0.2) is 0 Å². The lowest BCUT2D eigenvalue weighted by Gasteiger charge is -2.04. The van der Waals surface area contributed by atoms with Gasteiger partial charge >= 0.3 is 0 Å². The molecule has 0 amide bonds. The first kappa shape index (κ1) is 8.31. The molecule has 2 heteroatoms. The van der Waals surface area contributed by atoms with Crippen LogP contribution in [0.5, 0.6) is 0 Å². The van der Waals surface area contributed by atoms with Crippen molar-refractivity contribution >= 4 is 12.6 Å². The second kappa shape index (κ2) is 4.21. The predicted molar refractivity (Wildman–Crippen MR) is 39.1 cm³/mol. The van der Waals surface area contributed by atoms with Gasteiger partial charge in [-0.1, -0.05) is 13.8 Å². The Balaban J connectivity index is 2.93. The maximum atomic E-state index is 8.67. The molecule has 0 saturated carbocycles. The Morgan fingerprint density at radius 3 is 2.00 bits per heavy atom. The van der Waals surface area contributed by atoms with E-state index in [-0.39, 0.29) is 0 Å². The molecule has 0 aliphatic carbocycles. The van der Waals surface area contributed by atoms with Crippen LogP contribution < -0.4 is 0 Å². The summed E-state index contributed by atoms with van der Waals surface area (Å²) in [4.78, 5) is 0. The normalized spacial score (nSPS) is 14.6. The Morgan fingerprint density at radius 1 is 1.38 bits per heavy atom. The third-order valence-corrected chi connectivity index (χ3v) is 1.26. The fourth-order valence-electron chi connectivity index (χ4n) is 0.482. The van der Waals surface area contributed by atoms with Crippen molar-refractivity contribution in [3.05, 3.63) is 0 Å². The Labute approximate surface area is 56.5 Å². The van der Waals surface area contributed by atoms with Crippen molar-refractivity contribution in [2.45, 2.75) is 32.1 Å². The summed E-state index contributed by atoms with van der Waals surface area (Å²) >= 11 is 3.83. The highest BCUT2D eigenvalue weighted by Gasteiger charge is 1.97. The van der Waals surface area contributed by atoms with Crippen LogP contribution >= 0.6 is 12.6 Å². The van der Waals surface area contributed by atoms with Gasteiger partial charge in [-0.2, -0.15) is 0 Å². The van der Waals surface area contributed by atoms with Crippen molar-refractivity contribution in [1.82, 2.24) is 0 Å². The molecule has 0 aliphatic heterocycles. The van der Waals surface area contributed by atoms with Crippen molar-refractivity contribution in [3.63, 3.8) is 0 Å². The van der Waals surface area contributed by atoms with E-state index in [0.717, 1.165) is 12.8 Å². The molecule has 1 unspecified atom stereocenters. The van der Waals surface area contributed by atoms with E-state index in [1.165, 1.54) is 0 Å². The van der Waals surface area contributed by atoms with Crippen LogP contribution in [-0.2, 0) is 0 Å². The maximum absolute atomic E-state index is 8.67. The molecule has 0 spiro atoms. The maximum Gasteiger partial charge on any atom is 0.0964 e. The van der Waals surface area contributed by atoms with E-state index >= 15 is 0 Å². The van der Waals surface area contributed by atoms with Crippen LogP contribution in [0.1, 0.15) is 26.7 Å². The lowest BCUT2D eigenvalue weighted by atomic mass is 10.1. The third kappa shape index (κ3) is 6.31. The molecule has 1 N–H and O–H groups in total. The number of hydrogen-bond donors (Lipinski definition) is 2. The number of aliphatic hydroxyl groups is 1. The summed E-state index contributed by atoms with van der Waals surface area (Å²) in [5.74, 6) is 0.678. The van der Waals surface area contributed by atoms with Gasteiger partial charge in [0.1, 0.15) is 0 Å². The monoisotopic (exact) mass is 134 g/mol.